The number of nitrogens with zero attached hydrogens (tertiary/aromatic N) is 1. The average Bonchev–Trinajstić information content (AvgIpc) is 2.61. The number of nitrogens with two attached hydrogens (primary N) is 1. The minimum Gasteiger partial charge on any atom is -0.342 e. The van der Waals surface area contributed by atoms with Crippen molar-refractivity contribution in [1.29, 1.82) is 0 Å². The van der Waals surface area contributed by atoms with Crippen LogP contribution in [0.3, 0.4) is 0 Å². The molecular formula is C19H27FN2O2. The third-order valence-electron chi connectivity index (χ3n) is 4.62. The molecule has 24 heavy (non-hydrogen) atoms. The van der Waals surface area contributed by atoms with Gasteiger partial charge in [-0.25, -0.2) is 4.39 Å². The van der Waals surface area contributed by atoms with E-state index in [-0.39, 0.29) is 23.4 Å². The largest absolute Gasteiger partial charge is 0.342 e. The summed E-state index contributed by atoms with van der Waals surface area (Å²) in [6, 6.07) is 5.66. The second-order valence-electron chi connectivity index (χ2n) is 6.50. The van der Waals surface area contributed by atoms with Gasteiger partial charge in [-0.15, -0.1) is 0 Å². The Kier molecular flexibility index (Phi) is 7.37. The van der Waals surface area contributed by atoms with Gasteiger partial charge >= 0.3 is 0 Å². The van der Waals surface area contributed by atoms with Gasteiger partial charge in [0.1, 0.15) is 5.82 Å². The van der Waals surface area contributed by atoms with Crippen molar-refractivity contribution in [3.05, 3.63) is 35.6 Å². The van der Waals surface area contributed by atoms with Crippen LogP contribution in [0.2, 0.25) is 0 Å². The van der Waals surface area contributed by atoms with Gasteiger partial charge in [-0.05, 0) is 56.5 Å². The highest BCUT2D eigenvalue weighted by molar-refractivity contribution is 5.98. The Labute approximate surface area is 143 Å². The number of amides is 1. The predicted molar refractivity (Wildman–Crippen MR) is 92.2 cm³/mol. The quantitative estimate of drug-likeness (QED) is 0.587. The molecule has 0 aliphatic carbocycles. The first-order valence-corrected chi connectivity index (χ1v) is 8.89. The van der Waals surface area contributed by atoms with E-state index in [1.54, 1.807) is 0 Å². The van der Waals surface area contributed by atoms with E-state index in [4.69, 9.17) is 5.73 Å². The topological polar surface area (TPSA) is 63.4 Å². The van der Waals surface area contributed by atoms with Gasteiger partial charge in [0.2, 0.25) is 5.91 Å². The highest BCUT2D eigenvalue weighted by Gasteiger charge is 2.28. The predicted octanol–water partition coefficient (Wildman–Crippen LogP) is 3.16. The molecule has 1 saturated heterocycles. The molecule has 1 unspecified atom stereocenters. The van der Waals surface area contributed by atoms with Crippen molar-refractivity contribution in [3.8, 4) is 0 Å². The lowest BCUT2D eigenvalue weighted by Crippen LogP contribution is -2.42. The number of hydrogen-bond acceptors (Lipinski definition) is 3. The zero-order chi connectivity index (χ0) is 17.4. The number of rotatable bonds is 8. The van der Waals surface area contributed by atoms with Gasteiger partial charge in [-0.3, -0.25) is 9.59 Å². The van der Waals surface area contributed by atoms with E-state index in [1.165, 1.54) is 24.3 Å². The smallest absolute Gasteiger partial charge is 0.222 e. The number of Topliss-reactive ketones (excluding diaryl/α,β-unsaturated/α-hetero) is 1. The summed E-state index contributed by atoms with van der Waals surface area (Å²) < 4.78 is 13.0. The van der Waals surface area contributed by atoms with Gasteiger partial charge in [0, 0.05) is 31.0 Å². The highest BCUT2D eigenvalue weighted by Crippen LogP contribution is 2.22. The van der Waals surface area contributed by atoms with Crippen molar-refractivity contribution in [3.63, 3.8) is 0 Å². The van der Waals surface area contributed by atoms with E-state index in [0.29, 0.717) is 25.1 Å². The fourth-order valence-electron chi connectivity index (χ4n) is 3.20. The SMILES string of the molecule is NCCCCCCC(=O)N1CCCC(C(=O)c2ccc(F)cc2)C1. The molecule has 5 heteroatoms. The molecule has 1 aromatic carbocycles. The summed E-state index contributed by atoms with van der Waals surface area (Å²) >= 11 is 0. The van der Waals surface area contributed by atoms with E-state index < -0.39 is 0 Å². The monoisotopic (exact) mass is 334 g/mol. The van der Waals surface area contributed by atoms with Crippen LogP contribution in [0.4, 0.5) is 4.39 Å². The molecule has 0 saturated carbocycles. The number of benzene rings is 1. The Morgan fingerprint density at radius 2 is 1.83 bits per heavy atom. The molecule has 2 N–H and O–H groups in total. The Balaban J connectivity index is 1.83. The van der Waals surface area contributed by atoms with Gasteiger partial charge in [-0.1, -0.05) is 12.8 Å². The Morgan fingerprint density at radius 3 is 2.54 bits per heavy atom. The summed E-state index contributed by atoms with van der Waals surface area (Å²) in [5.74, 6) is -0.373. The number of likely N-dealkylation sites (tertiary alicyclic amines) is 1. The number of hydrogen-bond donors (Lipinski definition) is 1. The Bertz CT molecular complexity index is 545. The van der Waals surface area contributed by atoms with Crippen LogP contribution in [0.15, 0.2) is 24.3 Å². The van der Waals surface area contributed by atoms with Crippen molar-refractivity contribution in [1.82, 2.24) is 4.90 Å². The van der Waals surface area contributed by atoms with E-state index in [0.717, 1.165) is 45.1 Å². The summed E-state index contributed by atoms with van der Waals surface area (Å²) in [4.78, 5) is 26.7. The van der Waals surface area contributed by atoms with Crippen molar-refractivity contribution >= 4 is 11.7 Å². The molecule has 1 amide bonds. The molecule has 0 spiro atoms. The fourth-order valence-corrected chi connectivity index (χ4v) is 3.20. The number of piperidine rings is 1. The number of carbonyl (C=O) groups is 2. The van der Waals surface area contributed by atoms with Crippen LogP contribution >= 0.6 is 0 Å². The molecular weight excluding hydrogens is 307 g/mol. The van der Waals surface area contributed by atoms with Gasteiger partial charge in [0.05, 0.1) is 0 Å². The number of unbranched alkanes of at least 4 members (excludes halogenated alkanes) is 3. The van der Waals surface area contributed by atoms with Crippen molar-refractivity contribution < 1.29 is 14.0 Å². The first-order valence-electron chi connectivity index (χ1n) is 8.89. The average molecular weight is 334 g/mol. The number of carbonyl (C=O) groups excluding carboxylic acids is 2. The lowest BCUT2D eigenvalue weighted by atomic mass is 9.90. The summed E-state index contributed by atoms with van der Waals surface area (Å²) in [5, 5.41) is 0. The van der Waals surface area contributed by atoms with Gasteiger partial charge in [-0.2, -0.15) is 0 Å². The van der Waals surface area contributed by atoms with E-state index in [1.807, 2.05) is 4.90 Å². The molecule has 1 atom stereocenters. The molecule has 0 radical (unpaired) electrons. The lowest BCUT2D eigenvalue weighted by Gasteiger charge is -2.32. The first kappa shape index (κ1) is 18.6. The van der Waals surface area contributed by atoms with Crippen LogP contribution in [0.5, 0.6) is 0 Å². The zero-order valence-corrected chi connectivity index (χ0v) is 14.2. The summed E-state index contributed by atoms with van der Waals surface area (Å²) in [6.45, 7) is 1.92. The summed E-state index contributed by atoms with van der Waals surface area (Å²) in [6.07, 6.45) is 6.15. The van der Waals surface area contributed by atoms with Crippen molar-refractivity contribution in [2.24, 2.45) is 11.7 Å². The molecule has 0 aromatic heterocycles. The van der Waals surface area contributed by atoms with Gasteiger partial charge in [0.25, 0.3) is 0 Å². The van der Waals surface area contributed by atoms with Crippen LogP contribution in [0, 0.1) is 11.7 Å². The maximum absolute atomic E-state index is 13.0. The van der Waals surface area contributed by atoms with E-state index >= 15 is 0 Å². The second-order valence-corrected chi connectivity index (χ2v) is 6.50. The molecule has 1 fully saturated rings. The third kappa shape index (κ3) is 5.41. The number of ketones is 1. The van der Waals surface area contributed by atoms with Crippen molar-refractivity contribution in [2.45, 2.75) is 44.9 Å². The summed E-state index contributed by atoms with van der Waals surface area (Å²) in [5.41, 5.74) is 5.98. The minimum absolute atomic E-state index is 0.00967. The molecule has 0 bridgehead atoms. The molecule has 1 aliphatic rings. The highest BCUT2D eigenvalue weighted by atomic mass is 19.1. The molecule has 1 aliphatic heterocycles. The molecule has 1 aromatic rings. The second kappa shape index (κ2) is 9.52. The Morgan fingerprint density at radius 1 is 1.12 bits per heavy atom. The Hall–Kier alpha value is -1.75. The number of halogens is 1. The molecule has 132 valence electrons. The standard InChI is InChI=1S/C19H27FN2O2/c20-17-10-8-15(9-11-17)19(24)16-6-5-13-22(14-16)18(23)7-3-1-2-4-12-21/h8-11,16H,1-7,12-14,21H2. The zero-order valence-electron chi connectivity index (χ0n) is 14.2. The minimum atomic E-state index is -0.346. The van der Waals surface area contributed by atoms with Crippen LogP contribution in [-0.4, -0.2) is 36.2 Å². The van der Waals surface area contributed by atoms with Crippen molar-refractivity contribution in [2.75, 3.05) is 19.6 Å². The first-order chi connectivity index (χ1) is 11.6. The van der Waals surface area contributed by atoms with E-state index in [9.17, 15) is 14.0 Å². The fraction of sp³-hybridized carbons (Fsp3) is 0.579. The van der Waals surface area contributed by atoms with Crippen LogP contribution in [-0.2, 0) is 4.79 Å². The van der Waals surface area contributed by atoms with Crippen LogP contribution in [0.1, 0.15) is 55.3 Å². The van der Waals surface area contributed by atoms with Gasteiger partial charge in [0.15, 0.2) is 5.78 Å². The third-order valence-corrected chi connectivity index (χ3v) is 4.62. The summed E-state index contributed by atoms with van der Waals surface area (Å²) in [7, 11) is 0. The maximum atomic E-state index is 13.0. The molecule has 2 rings (SSSR count). The van der Waals surface area contributed by atoms with E-state index in [2.05, 4.69) is 0 Å². The maximum Gasteiger partial charge on any atom is 0.222 e. The van der Waals surface area contributed by atoms with Crippen LogP contribution < -0.4 is 5.73 Å². The molecule has 1 heterocycles. The lowest BCUT2D eigenvalue weighted by molar-refractivity contribution is -0.132. The van der Waals surface area contributed by atoms with Crippen LogP contribution in [0.25, 0.3) is 0 Å². The van der Waals surface area contributed by atoms with Gasteiger partial charge < -0.3 is 10.6 Å². The molecule has 4 nitrogen and oxygen atoms in total. The normalized spacial score (nSPS) is 17.8.